The van der Waals surface area contributed by atoms with Crippen molar-refractivity contribution in [2.75, 3.05) is 13.1 Å². The largest absolute Gasteiger partial charge is 0.367 e. The third kappa shape index (κ3) is 5.92. The molecule has 1 aliphatic rings. The first kappa shape index (κ1) is 21.1. The van der Waals surface area contributed by atoms with E-state index in [4.69, 9.17) is 9.26 Å². The Morgan fingerprint density at radius 2 is 1.77 bits per heavy atom. The summed E-state index contributed by atoms with van der Waals surface area (Å²) in [7, 11) is 0. The normalized spacial score (nSPS) is 16.3. The van der Waals surface area contributed by atoms with Crippen LogP contribution in [0.2, 0.25) is 0 Å². The Balaban J connectivity index is 1.30. The molecular weight excluding hydrogens is 392 g/mol. The SMILES string of the molecule is O=C(NCCc1ccccc1)N1CCCCC1c1noc(COCc2ccccc2)n1. The van der Waals surface area contributed by atoms with Gasteiger partial charge in [-0.05, 0) is 36.8 Å². The molecule has 1 atom stereocenters. The quantitative estimate of drug-likeness (QED) is 0.589. The standard InChI is InChI=1S/C24H28N4O3/c29-24(25-15-14-19-9-3-1-4-10-19)28-16-8-7-13-21(28)23-26-22(31-27-23)18-30-17-20-11-5-2-6-12-20/h1-6,9-12,21H,7-8,13-18H2,(H,25,29). The Hall–Kier alpha value is -3.19. The molecular formula is C24H28N4O3. The van der Waals surface area contributed by atoms with Crippen LogP contribution in [-0.2, 0) is 24.4 Å². The van der Waals surface area contributed by atoms with E-state index in [1.54, 1.807) is 0 Å². The predicted molar refractivity (Wildman–Crippen MR) is 116 cm³/mol. The summed E-state index contributed by atoms with van der Waals surface area (Å²) in [5.41, 5.74) is 2.30. The van der Waals surface area contributed by atoms with Gasteiger partial charge in [-0.25, -0.2) is 4.79 Å². The lowest BCUT2D eigenvalue weighted by Crippen LogP contribution is -2.45. The van der Waals surface area contributed by atoms with Crippen LogP contribution in [0.1, 0.15) is 48.1 Å². The summed E-state index contributed by atoms with van der Waals surface area (Å²) < 4.78 is 11.1. The van der Waals surface area contributed by atoms with Crippen molar-refractivity contribution in [3.05, 3.63) is 83.5 Å². The fraction of sp³-hybridized carbons (Fsp3) is 0.375. The Labute approximate surface area is 182 Å². The number of aromatic nitrogens is 2. The highest BCUT2D eigenvalue weighted by atomic mass is 16.5. The van der Waals surface area contributed by atoms with Gasteiger partial charge in [0.2, 0.25) is 0 Å². The van der Waals surface area contributed by atoms with Crippen molar-refractivity contribution < 1.29 is 14.1 Å². The zero-order valence-electron chi connectivity index (χ0n) is 17.6. The van der Waals surface area contributed by atoms with E-state index in [-0.39, 0.29) is 18.7 Å². The smallest absolute Gasteiger partial charge is 0.318 e. The molecule has 1 aromatic heterocycles. The van der Waals surface area contributed by atoms with Crippen molar-refractivity contribution in [1.29, 1.82) is 0 Å². The zero-order chi connectivity index (χ0) is 21.3. The number of likely N-dealkylation sites (tertiary alicyclic amines) is 1. The molecule has 1 saturated heterocycles. The van der Waals surface area contributed by atoms with E-state index in [0.29, 0.717) is 31.4 Å². The number of nitrogens with one attached hydrogen (secondary N) is 1. The first-order chi connectivity index (χ1) is 15.3. The van der Waals surface area contributed by atoms with Gasteiger partial charge >= 0.3 is 6.03 Å². The monoisotopic (exact) mass is 420 g/mol. The first-order valence-corrected chi connectivity index (χ1v) is 10.8. The molecule has 1 N–H and O–H groups in total. The number of ether oxygens (including phenoxy) is 1. The number of benzene rings is 2. The van der Waals surface area contributed by atoms with Gasteiger partial charge in [0.15, 0.2) is 5.82 Å². The van der Waals surface area contributed by atoms with Crippen LogP contribution in [0.3, 0.4) is 0 Å². The zero-order valence-corrected chi connectivity index (χ0v) is 17.6. The van der Waals surface area contributed by atoms with Crippen LogP contribution in [0.25, 0.3) is 0 Å². The van der Waals surface area contributed by atoms with Gasteiger partial charge in [0.1, 0.15) is 6.61 Å². The molecule has 4 rings (SSSR count). The van der Waals surface area contributed by atoms with Crippen molar-refractivity contribution in [3.63, 3.8) is 0 Å². The van der Waals surface area contributed by atoms with E-state index in [9.17, 15) is 4.79 Å². The lowest BCUT2D eigenvalue weighted by molar-refractivity contribution is 0.0850. The molecule has 1 fully saturated rings. The highest BCUT2D eigenvalue weighted by Gasteiger charge is 2.31. The van der Waals surface area contributed by atoms with Gasteiger partial charge in [0.05, 0.1) is 12.6 Å². The topological polar surface area (TPSA) is 80.5 Å². The molecule has 0 bridgehead atoms. The molecule has 0 radical (unpaired) electrons. The Morgan fingerprint density at radius 3 is 2.55 bits per heavy atom. The van der Waals surface area contributed by atoms with Crippen LogP contribution in [0.15, 0.2) is 65.2 Å². The molecule has 162 valence electrons. The first-order valence-electron chi connectivity index (χ1n) is 10.8. The molecule has 3 aromatic rings. The molecule has 7 nitrogen and oxygen atoms in total. The summed E-state index contributed by atoms with van der Waals surface area (Å²) >= 11 is 0. The van der Waals surface area contributed by atoms with E-state index >= 15 is 0 Å². The molecule has 1 aliphatic heterocycles. The molecule has 2 amide bonds. The minimum Gasteiger partial charge on any atom is -0.367 e. The number of hydrogen-bond acceptors (Lipinski definition) is 5. The molecule has 0 spiro atoms. The average molecular weight is 421 g/mol. The number of urea groups is 1. The summed E-state index contributed by atoms with van der Waals surface area (Å²) in [4.78, 5) is 19.1. The third-order valence-corrected chi connectivity index (χ3v) is 5.42. The summed E-state index contributed by atoms with van der Waals surface area (Å²) in [6.45, 7) is 2.02. The van der Waals surface area contributed by atoms with Gasteiger partial charge < -0.3 is 19.5 Å². The number of carbonyl (C=O) groups is 1. The summed E-state index contributed by atoms with van der Waals surface area (Å²) in [5.74, 6) is 0.983. The van der Waals surface area contributed by atoms with Crippen molar-refractivity contribution in [3.8, 4) is 0 Å². The van der Waals surface area contributed by atoms with Crippen LogP contribution < -0.4 is 5.32 Å². The Kier molecular flexibility index (Phi) is 7.28. The van der Waals surface area contributed by atoms with E-state index in [1.807, 2.05) is 53.4 Å². The number of amides is 2. The summed E-state index contributed by atoms with van der Waals surface area (Å²) in [6.07, 6.45) is 3.65. The van der Waals surface area contributed by atoms with Crippen molar-refractivity contribution in [2.24, 2.45) is 0 Å². The molecule has 31 heavy (non-hydrogen) atoms. The second kappa shape index (κ2) is 10.7. The average Bonchev–Trinajstić information content (AvgIpc) is 3.29. The second-order valence-electron chi connectivity index (χ2n) is 7.70. The highest BCUT2D eigenvalue weighted by molar-refractivity contribution is 5.74. The molecule has 0 saturated carbocycles. The van der Waals surface area contributed by atoms with Crippen molar-refractivity contribution in [2.45, 2.75) is 44.9 Å². The molecule has 1 unspecified atom stereocenters. The lowest BCUT2D eigenvalue weighted by atomic mass is 10.0. The Bertz CT molecular complexity index is 946. The minimum absolute atomic E-state index is 0.0766. The van der Waals surface area contributed by atoms with Crippen LogP contribution in [-0.4, -0.2) is 34.2 Å². The number of nitrogens with zero attached hydrogens (tertiary/aromatic N) is 3. The summed E-state index contributed by atoms with van der Waals surface area (Å²) in [6, 6.07) is 19.8. The van der Waals surface area contributed by atoms with Crippen molar-refractivity contribution >= 4 is 6.03 Å². The van der Waals surface area contributed by atoms with Crippen LogP contribution in [0.5, 0.6) is 0 Å². The van der Waals surface area contributed by atoms with Crippen LogP contribution in [0.4, 0.5) is 4.79 Å². The molecule has 0 aliphatic carbocycles. The van der Waals surface area contributed by atoms with Gasteiger partial charge in [0.25, 0.3) is 5.89 Å². The molecule has 2 heterocycles. The highest BCUT2D eigenvalue weighted by Crippen LogP contribution is 2.29. The Morgan fingerprint density at radius 1 is 1.03 bits per heavy atom. The maximum Gasteiger partial charge on any atom is 0.318 e. The maximum absolute atomic E-state index is 12.8. The number of carbonyl (C=O) groups excluding carboxylic acids is 1. The minimum atomic E-state index is -0.169. The van der Waals surface area contributed by atoms with E-state index in [2.05, 4.69) is 27.6 Å². The van der Waals surface area contributed by atoms with Gasteiger partial charge in [-0.2, -0.15) is 4.98 Å². The number of hydrogen-bond donors (Lipinski definition) is 1. The summed E-state index contributed by atoms with van der Waals surface area (Å²) in [5, 5.41) is 7.17. The third-order valence-electron chi connectivity index (χ3n) is 5.42. The maximum atomic E-state index is 12.8. The van der Waals surface area contributed by atoms with Gasteiger partial charge in [-0.15, -0.1) is 0 Å². The van der Waals surface area contributed by atoms with Crippen LogP contribution >= 0.6 is 0 Å². The van der Waals surface area contributed by atoms with E-state index < -0.39 is 0 Å². The number of piperidine rings is 1. The van der Waals surface area contributed by atoms with Gasteiger partial charge in [0, 0.05) is 13.1 Å². The van der Waals surface area contributed by atoms with Gasteiger partial charge in [-0.3, -0.25) is 0 Å². The molecule has 2 aromatic carbocycles. The molecule has 7 heteroatoms. The second-order valence-corrected chi connectivity index (χ2v) is 7.70. The van der Waals surface area contributed by atoms with Gasteiger partial charge in [-0.1, -0.05) is 65.8 Å². The lowest BCUT2D eigenvalue weighted by Gasteiger charge is -2.33. The predicted octanol–water partition coefficient (Wildman–Crippen LogP) is 4.27. The van der Waals surface area contributed by atoms with E-state index in [0.717, 1.165) is 31.2 Å². The van der Waals surface area contributed by atoms with Crippen LogP contribution in [0, 0.1) is 0 Å². The fourth-order valence-corrected chi connectivity index (χ4v) is 3.80. The fourth-order valence-electron chi connectivity index (χ4n) is 3.80. The number of rotatable bonds is 8. The van der Waals surface area contributed by atoms with E-state index in [1.165, 1.54) is 5.56 Å². The van der Waals surface area contributed by atoms with Crippen molar-refractivity contribution in [1.82, 2.24) is 20.4 Å².